The molecule has 1 aliphatic rings. The molecule has 2 amide bonds. The summed E-state index contributed by atoms with van der Waals surface area (Å²) >= 11 is 0. The van der Waals surface area contributed by atoms with Crippen LogP contribution in [0.15, 0.2) is 18.2 Å². The lowest BCUT2D eigenvalue weighted by atomic mass is 9.86. The Hall–Kier alpha value is -2.22. The first-order valence-corrected chi connectivity index (χ1v) is 8.98. The van der Waals surface area contributed by atoms with Crippen molar-refractivity contribution in [3.63, 3.8) is 0 Å². The van der Waals surface area contributed by atoms with Crippen LogP contribution in [0.3, 0.4) is 0 Å². The monoisotopic (exact) mass is 383 g/mol. The number of likely N-dealkylation sites (tertiary alicyclic amines) is 1. The first kappa shape index (κ1) is 21.1. The molecule has 0 spiro atoms. The number of carbonyl (C=O) groups is 2. The van der Waals surface area contributed by atoms with Gasteiger partial charge in [0.15, 0.2) is 0 Å². The molecular weight excluding hydrogens is 356 g/mol. The quantitative estimate of drug-likeness (QED) is 0.837. The van der Waals surface area contributed by atoms with Crippen molar-refractivity contribution in [1.82, 2.24) is 9.80 Å². The van der Waals surface area contributed by atoms with Gasteiger partial charge in [-0.1, -0.05) is 26.8 Å². The molecule has 0 aliphatic carbocycles. The van der Waals surface area contributed by atoms with E-state index >= 15 is 0 Å². The Bertz CT molecular complexity index is 698. The molecule has 3 N–H and O–H groups in total. The third-order valence-electron chi connectivity index (χ3n) is 5.02. The van der Waals surface area contributed by atoms with E-state index in [0.29, 0.717) is 25.9 Å². The summed E-state index contributed by atoms with van der Waals surface area (Å²) in [6.07, 6.45) is -0.287. The van der Waals surface area contributed by atoms with Gasteiger partial charge in [-0.05, 0) is 24.3 Å². The van der Waals surface area contributed by atoms with Gasteiger partial charge in [-0.25, -0.2) is 13.6 Å². The van der Waals surface area contributed by atoms with Crippen LogP contribution in [-0.4, -0.2) is 52.1 Å². The number of rotatable bonds is 4. The summed E-state index contributed by atoms with van der Waals surface area (Å²) < 4.78 is 26.9. The van der Waals surface area contributed by atoms with E-state index in [1.807, 2.05) is 20.8 Å². The molecule has 1 saturated heterocycles. The minimum atomic E-state index is -1.17. The van der Waals surface area contributed by atoms with E-state index in [-0.39, 0.29) is 29.5 Å². The summed E-state index contributed by atoms with van der Waals surface area (Å²) in [5.41, 5.74) is 5.79. The number of nitrogens with two attached hydrogens (primary N) is 1. The zero-order valence-corrected chi connectivity index (χ0v) is 15.9. The van der Waals surface area contributed by atoms with Crippen LogP contribution >= 0.6 is 0 Å². The van der Waals surface area contributed by atoms with Gasteiger partial charge in [0, 0.05) is 30.8 Å². The standard InChI is InChI=1S/C19H27F2N3O3/c1-19(2,3)16(22)17(25)23-8-6-14(7-9-23)24(18(26)27)11-12-4-5-13(20)10-15(12)21/h4-5,10,14,16H,6-9,11,22H2,1-3H3,(H,26,27)/t16-/m1/s1. The number of piperidine rings is 1. The average Bonchev–Trinajstić information content (AvgIpc) is 2.59. The maximum atomic E-state index is 13.9. The third kappa shape index (κ3) is 5.15. The lowest BCUT2D eigenvalue weighted by Gasteiger charge is -2.39. The number of carboxylic acid groups (broad SMARTS) is 1. The van der Waals surface area contributed by atoms with Crippen molar-refractivity contribution in [2.75, 3.05) is 13.1 Å². The summed E-state index contributed by atoms with van der Waals surface area (Å²) in [6, 6.07) is 2.12. The van der Waals surface area contributed by atoms with Gasteiger partial charge >= 0.3 is 6.09 Å². The number of hydrogen-bond donors (Lipinski definition) is 2. The Morgan fingerprint density at radius 2 is 1.89 bits per heavy atom. The van der Waals surface area contributed by atoms with Crippen LogP contribution in [0.2, 0.25) is 0 Å². The summed E-state index contributed by atoms with van der Waals surface area (Å²) in [5, 5.41) is 9.53. The first-order valence-electron chi connectivity index (χ1n) is 8.98. The van der Waals surface area contributed by atoms with Crippen molar-refractivity contribution in [1.29, 1.82) is 0 Å². The zero-order chi connectivity index (χ0) is 20.4. The predicted molar refractivity (Wildman–Crippen MR) is 97.0 cm³/mol. The number of hydrogen-bond acceptors (Lipinski definition) is 3. The van der Waals surface area contributed by atoms with Crippen LogP contribution in [0.4, 0.5) is 13.6 Å². The van der Waals surface area contributed by atoms with Crippen molar-refractivity contribution in [3.8, 4) is 0 Å². The fourth-order valence-corrected chi connectivity index (χ4v) is 3.15. The number of benzene rings is 1. The van der Waals surface area contributed by atoms with Crippen LogP contribution in [-0.2, 0) is 11.3 Å². The van der Waals surface area contributed by atoms with E-state index in [0.717, 1.165) is 17.0 Å². The van der Waals surface area contributed by atoms with Gasteiger partial charge in [-0.15, -0.1) is 0 Å². The van der Waals surface area contributed by atoms with E-state index in [1.54, 1.807) is 4.90 Å². The Balaban J connectivity index is 2.03. The fourth-order valence-electron chi connectivity index (χ4n) is 3.15. The zero-order valence-electron chi connectivity index (χ0n) is 15.9. The molecule has 1 heterocycles. The van der Waals surface area contributed by atoms with E-state index in [2.05, 4.69) is 0 Å². The van der Waals surface area contributed by atoms with Crippen molar-refractivity contribution in [2.24, 2.45) is 11.1 Å². The number of nitrogens with zero attached hydrogens (tertiary/aromatic N) is 2. The van der Waals surface area contributed by atoms with Crippen LogP contribution in [0.25, 0.3) is 0 Å². The topological polar surface area (TPSA) is 86.9 Å². The molecule has 8 heteroatoms. The van der Waals surface area contributed by atoms with Gasteiger partial charge < -0.3 is 20.6 Å². The Kier molecular flexibility index (Phi) is 6.41. The maximum absolute atomic E-state index is 13.9. The normalized spacial score (nSPS) is 16.9. The van der Waals surface area contributed by atoms with E-state index in [9.17, 15) is 23.5 Å². The minimum Gasteiger partial charge on any atom is -0.465 e. The molecule has 0 aromatic heterocycles. The molecule has 1 fully saturated rings. The predicted octanol–water partition coefficient (Wildman–Crippen LogP) is 2.81. The molecule has 1 atom stereocenters. The third-order valence-corrected chi connectivity index (χ3v) is 5.02. The SMILES string of the molecule is CC(C)(C)[C@H](N)C(=O)N1CCC(N(Cc2ccc(F)cc2F)C(=O)O)CC1. The molecule has 0 saturated carbocycles. The van der Waals surface area contributed by atoms with Gasteiger partial charge in [-0.2, -0.15) is 0 Å². The summed E-state index contributed by atoms with van der Waals surface area (Å²) in [7, 11) is 0. The van der Waals surface area contributed by atoms with Gasteiger partial charge in [0.25, 0.3) is 0 Å². The maximum Gasteiger partial charge on any atom is 0.407 e. The second kappa shape index (κ2) is 8.21. The highest BCUT2D eigenvalue weighted by molar-refractivity contribution is 5.82. The van der Waals surface area contributed by atoms with E-state index in [4.69, 9.17) is 5.73 Å². The Morgan fingerprint density at radius 3 is 2.37 bits per heavy atom. The van der Waals surface area contributed by atoms with Crippen molar-refractivity contribution in [2.45, 2.75) is 52.2 Å². The van der Waals surface area contributed by atoms with Crippen LogP contribution in [0.1, 0.15) is 39.2 Å². The number of carbonyl (C=O) groups excluding carboxylic acids is 1. The molecule has 0 radical (unpaired) electrons. The second-order valence-corrected chi connectivity index (χ2v) is 8.05. The molecule has 27 heavy (non-hydrogen) atoms. The summed E-state index contributed by atoms with van der Waals surface area (Å²) in [4.78, 5) is 27.0. The summed E-state index contributed by atoms with van der Waals surface area (Å²) in [5.74, 6) is -1.63. The molecule has 6 nitrogen and oxygen atoms in total. The smallest absolute Gasteiger partial charge is 0.407 e. The molecule has 0 bridgehead atoms. The molecule has 1 aliphatic heterocycles. The second-order valence-electron chi connectivity index (χ2n) is 8.05. The van der Waals surface area contributed by atoms with E-state index in [1.165, 1.54) is 6.07 Å². The lowest BCUT2D eigenvalue weighted by molar-refractivity contribution is -0.136. The largest absolute Gasteiger partial charge is 0.465 e. The Morgan fingerprint density at radius 1 is 1.30 bits per heavy atom. The molecule has 0 unspecified atom stereocenters. The minimum absolute atomic E-state index is 0.118. The molecule has 150 valence electrons. The summed E-state index contributed by atoms with van der Waals surface area (Å²) in [6.45, 7) is 6.30. The van der Waals surface area contributed by atoms with Crippen LogP contribution in [0, 0.1) is 17.0 Å². The number of halogens is 2. The van der Waals surface area contributed by atoms with Crippen LogP contribution in [0.5, 0.6) is 0 Å². The molecule has 2 rings (SSSR count). The average molecular weight is 383 g/mol. The molecular formula is C19H27F2N3O3. The van der Waals surface area contributed by atoms with Crippen LogP contribution < -0.4 is 5.73 Å². The lowest BCUT2D eigenvalue weighted by Crippen LogP contribution is -2.54. The highest BCUT2D eigenvalue weighted by Crippen LogP contribution is 2.24. The highest BCUT2D eigenvalue weighted by atomic mass is 19.1. The first-order chi connectivity index (χ1) is 12.5. The van der Waals surface area contributed by atoms with Crippen molar-refractivity contribution < 1.29 is 23.5 Å². The van der Waals surface area contributed by atoms with E-state index < -0.39 is 23.8 Å². The van der Waals surface area contributed by atoms with Gasteiger partial charge in [0.1, 0.15) is 11.6 Å². The number of amides is 2. The molecule has 1 aromatic rings. The molecule has 1 aromatic carbocycles. The van der Waals surface area contributed by atoms with Crippen molar-refractivity contribution >= 4 is 12.0 Å². The van der Waals surface area contributed by atoms with Gasteiger partial charge in [-0.3, -0.25) is 4.79 Å². The highest BCUT2D eigenvalue weighted by Gasteiger charge is 2.35. The van der Waals surface area contributed by atoms with Gasteiger partial charge in [0.2, 0.25) is 5.91 Å². The van der Waals surface area contributed by atoms with Crippen molar-refractivity contribution in [3.05, 3.63) is 35.4 Å². The fraction of sp³-hybridized carbons (Fsp3) is 0.579. The Labute approximate surface area is 157 Å². The van der Waals surface area contributed by atoms with Gasteiger partial charge in [0.05, 0.1) is 12.6 Å².